The largest absolute Gasteiger partial charge is 0.326 e. The van der Waals surface area contributed by atoms with Crippen LogP contribution in [0.4, 0.5) is 0 Å². The molecule has 4 atom stereocenters. The molecule has 8 nitrogen and oxygen atoms in total. The third-order valence-electron chi connectivity index (χ3n) is 6.77. The maximum atomic E-state index is 13.2. The molecule has 2 saturated heterocycles. The molecule has 4 unspecified atom stereocenters. The Hall–Kier alpha value is -2.58. The summed E-state index contributed by atoms with van der Waals surface area (Å²) in [6.07, 6.45) is 3.69. The average molecular weight is 396 g/mol. The summed E-state index contributed by atoms with van der Waals surface area (Å²) in [4.78, 5) is 53.3. The van der Waals surface area contributed by atoms with Gasteiger partial charge < -0.3 is 5.73 Å². The highest BCUT2D eigenvalue weighted by Gasteiger charge is 2.52. The van der Waals surface area contributed by atoms with Crippen molar-refractivity contribution in [3.63, 3.8) is 0 Å². The van der Waals surface area contributed by atoms with Gasteiger partial charge in [0.05, 0.1) is 11.1 Å². The van der Waals surface area contributed by atoms with Gasteiger partial charge in [-0.1, -0.05) is 18.6 Å². The van der Waals surface area contributed by atoms with Gasteiger partial charge in [0, 0.05) is 25.0 Å². The highest BCUT2D eigenvalue weighted by molar-refractivity contribution is 6.24. The van der Waals surface area contributed by atoms with Crippen molar-refractivity contribution in [3.8, 4) is 0 Å². The summed E-state index contributed by atoms with van der Waals surface area (Å²) >= 11 is 0. The van der Waals surface area contributed by atoms with Gasteiger partial charge in [0.1, 0.15) is 6.04 Å². The van der Waals surface area contributed by atoms with E-state index in [1.54, 1.807) is 12.1 Å². The van der Waals surface area contributed by atoms with Gasteiger partial charge in [0.15, 0.2) is 0 Å². The number of piperidine rings is 1. The van der Waals surface area contributed by atoms with Crippen LogP contribution >= 0.6 is 0 Å². The van der Waals surface area contributed by atoms with Crippen LogP contribution in [0.1, 0.15) is 58.4 Å². The van der Waals surface area contributed by atoms with E-state index in [2.05, 4.69) is 10.2 Å². The lowest BCUT2D eigenvalue weighted by molar-refractivity contribution is -0.136. The van der Waals surface area contributed by atoms with Crippen LogP contribution in [0, 0.1) is 5.92 Å². The second-order valence-corrected chi connectivity index (χ2v) is 8.48. The number of carbonyl (C=O) groups excluding carboxylic acids is 4. The van der Waals surface area contributed by atoms with Crippen LogP contribution in [-0.4, -0.2) is 58.1 Å². The molecule has 152 valence electrons. The van der Waals surface area contributed by atoms with E-state index in [0.717, 1.165) is 29.8 Å². The predicted molar refractivity (Wildman–Crippen MR) is 103 cm³/mol. The van der Waals surface area contributed by atoms with Crippen molar-refractivity contribution >= 4 is 23.6 Å². The minimum absolute atomic E-state index is 0.116. The number of nitrogens with two attached hydrogens (primary N) is 1. The number of carbonyl (C=O) groups is 4. The lowest BCUT2D eigenvalue weighted by atomic mass is 10.0. The Bertz CT molecular complexity index is 929. The van der Waals surface area contributed by atoms with Gasteiger partial charge in [0.2, 0.25) is 11.8 Å². The van der Waals surface area contributed by atoms with Gasteiger partial charge in [-0.3, -0.25) is 34.3 Å². The van der Waals surface area contributed by atoms with Crippen molar-refractivity contribution in [2.75, 3.05) is 6.54 Å². The number of rotatable bonds is 3. The summed E-state index contributed by atoms with van der Waals surface area (Å²) in [5.41, 5.74) is 7.77. The maximum absolute atomic E-state index is 13.2. The Balaban J connectivity index is 1.43. The van der Waals surface area contributed by atoms with Crippen molar-refractivity contribution < 1.29 is 19.2 Å². The summed E-state index contributed by atoms with van der Waals surface area (Å²) in [6.45, 7) is 1.50. The van der Waals surface area contributed by atoms with Gasteiger partial charge in [-0.2, -0.15) is 0 Å². The van der Waals surface area contributed by atoms with Gasteiger partial charge in [-0.25, -0.2) is 0 Å². The number of likely N-dealkylation sites (tertiary alicyclic amines) is 1. The van der Waals surface area contributed by atoms with Crippen molar-refractivity contribution in [3.05, 3.63) is 34.9 Å². The fourth-order valence-electron chi connectivity index (χ4n) is 5.22. The quantitative estimate of drug-likeness (QED) is 0.715. The fourth-order valence-corrected chi connectivity index (χ4v) is 5.22. The molecule has 3 fully saturated rings. The van der Waals surface area contributed by atoms with Gasteiger partial charge in [-0.05, 0) is 43.4 Å². The minimum atomic E-state index is -0.938. The van der Waals surface area contributed by atoms with Gasteiger partial charge in [-0.15, -0.1) is 0 Å². The first kappa shape index (κ1) is 18.4. The van der Waals surface area contributed by atoms with E-state index in [-0.39, 0.29) is 24.8 Å². The predicted octanol–water partition coefficient (Wildman–Crippen LogP) is 0.399. The molecule has 3 heterocycles. The number of nitrogens with zero attached hydrogens (tertiary/aromatic N) is 2. The first-order valence-corrected chi connectivity index (χ1v) is 10.3. The standard InChI is InChI=1S/C21H24N4O4/c22-17-13-5-1-2-9-24(18(13)17)10-11-4-3-6-12-16(11)21(29)25(20(12)28)14-7-8-15(26)23-19(14)27/h3-4,6,13-14,17-18H,1-2,5,7-10,22H2,(H,23,26,27). The average Bonchev–Trinajstić information content (AvgIpc) is 3.32. The van der Waals surface area contributed by atoms with E-state index in [0.29, 0.717) is 29.6 Å². The van der Waals surface area contributed by atoms with Crippen LogP contribution in [0.25, 0.3) is 0 Å². The summed E-state index contributed by atoms with van der Waals surface area (Å²) < 4.78 is 0. The maximum Gasteiger partial charge on any atom is 0.262 e. The topological polar surface area (TPSA) is 113 Å². The number of hydrogen-bond donors (Lipinski definition) is 2. The molecule has 1 saturated carbocycles. The van der Waals surface area contributed by atoms with Crippen molar-refractivity contribution in [2.24, 2.45) is 11.7 Å². The minimum Gasteiger partial charge on any atom is -0.326 e. The molecule has 0 radical (unpaired) electrons. The van der Waals surface area contributed by atoms with E-state index in [1.807, 2.05) is 6.07 Å². The molecule has 0 spiro atoms. The lowest BCUT2D eigenvalue weighted by Gasteiger charge is -2.28. The Labute approximate surface area is 168 Å². The van der Waals surface area contributed by atoms with Crippen LogP contribution in [-0.2, 0) is 16.1 Å². The zero-order valence-corrected chi connectivity index (χ0v) is 16.1. The SMILES string of the molecule is NC1C2CCCCN(Cc3cccc4c3C(=O)N(C3CCC(=O)NC3=O)C4=O)C12. The number of nitrogens with one attached hydrogen (secondary N) is 1. The fraction of sp³-hybridized carbons (Fsp3) is 0.524. The Kier molecular flexibility index (Phi) is 4.29. The Morgan fingerprint density at radius 3 is 2.69 bits per heavy atom. The molecule has 3 N–H and O–H groups in total. The first-order chi connectivity index (χ1) is 14.0. The van der Waals surface area contributed by atoms with Crippen LogP contribution in [0.15, 0.2) is 18.2 Å². The van der Waals surface area contributed by atoms with Gasteiger partial charge in [0.25, 0.3) is 11.8 Å². The normalized spacial score (nSPS) is 32.0. The van der Waals surface area contributed by atoms with Gasteiger partial charge >= 0.3 is 0 Å². The molecule has 0 aromatic heterocycles. The molecule has 0 bridgehead atoms. The van der Waals surface area contributed by atoms with Crippen molar-refractivity contribution in [1.29, 1.82) is 0 Å². The summed E-state index contributed by atoms with van der Waals surface area (Å²) in [6, 6.07) is 4.89. The first-order valence-electron chi connectivity index (χ1n) is 10.3. The molecule has 8 heteroatoms. The molecule has 1 aromatic carbocycles. The molecule has 5 rings (SSSR count). The molecule has 4 amide bonds. The van der Waals surface area contributed by atoms with Crippen molar-refractivity contribution in [2.45, 2.75) is 56.8 Å². The second-order valence-electron chi connectivity index (χ2n) is 8.48. The molecular formula is C21H24N4O4. The van der Waals surface area contributed by atoms with Crippen LogP contribution in [0.2, 0.25) is 0 Å². The summed E-state index contributed by atoms with van der Waals surface area (Å²) in [5.74, 6) is -1.34. The third-order valence-corrected chi connectivity index (χ3v) is 6.77. The highest BCUT2D eigenvalue weighted by Crippen LogP contribution is 2.42. The third kappa shape index (κ3) is 2.89. The van der Waals surface area contributed by atoms with Crippen LogP contribution < -0.4 is 11.1 Å². The van der Waals surface area contributed by atoms with Crippen molar-refractivity contribution in [1.82, 2.24) is 15.1 Å². The number of imide groups is 2. The number of amides is 4. The Morgan fingerprint density at radius 2 is 1.90 bits per heavy atom. The monoisotopic (exact) mass is 396 g/mol. The molecule has 3 aliphatic heterocycles. The van der Waals surface area contributed by atoms with Crippen LogP contribution in [0.3, 0.4) is 0 Å². The molecule has 4 aliphatic rings. The lowest BCUT2D eigenvalue weighted by Crippen LogP contribution is -2.54. The van der Waals surface area contributed by atoms with E-state index in [4.69, 9.17) is 5.73 Å². The zero-order chi connectivity index (χ0) is 20.3. The highest BCUT2D eigenvalue weighted by atomic mass is 16.2. The molecule has 1 aliphatic carbocycles. The molecular weight excluding hydrogens is 372 g/mol. The molecule has 29 heavy (non-hydrogen) atoms. The number of benzene rings is 1. The van der Waals surface area contributed by atoms with E-state index in [1.165, 1.54) is 6.42 Å². The Morgan fingerprint density at radius 1 is 1.07 bits per heavy atom. The van der Waals surface area contributed by atoms with E-state index in [9.17, 15) is 19.2 Å². The summed E-state index contributed by atoms with van der Waals surface area (Å²) in [5, 5.41) is 2.23. The van der Waals surface area contributed by atoms with E-state index < -0.39 is 23.8 Å². The van der Waals surface area contributed by atoms with Crippen LogP contribution in [0.5, 0.6) is 0 Å². The number of fused-ring (bicyclic) bond motifs is 2. The zero-order valence-electron chi connectivity index (χ0n) is 16.1. The second kappa shape index (κ2) is 6.74. The molecule has 1 aromatic rings. The van der Waals surface area contributed by atoms with E-state index >= 15 is 0 Å². The number of hydrogen-bond acceptors (Lipinski definition) is 6. The summed E-state index contributed by atoms with van der Waals surface area (Å²) in [7, 11) is 0. The smallest absolute Gasteiger partial charge is 0.262 e.